The molecule has 0 aromatic rings. The molecule has 1 fully saturated rings. The van der Waals surface area contributed by atoms with Crippen molar-refractivity contribution in [3.63, 3.8) is 0 Å². The molecule has 0 aromatic heterocycles. The first-order valence-corrected chi connectivity index (χ1v) is 3.38. The van der Waals surface area contributed by atoms with E-state index < -0.39 is 0 Å². The number of hydrogen-bond acceptors (Lipinski definition) is 2. The number of thioether (sulfide) groups is 1. The van der Waals surface area contributed by atoms with Crippen LogP contribution in [0.4, 0.5) is 0 Å². The fourth-order valence-corrected chi connectivity index (χ4v) is 1.66. The molecule has 1 atom stereocenters. The molecule has 0 radical (unpaired) electrons. The highest BCUT2D eigenvalue weighted by Gasteiger charge is 2.08. The molecule has 1 heterocycles. The van der Waals surface area contributed by atoms with Crippen LogP contribution in [0.3, 0.4) is 0 Å². The predicted octanol–water partition coefficient (Wildman–Crippen LogP) is 0.872. The summed E-state index contributed by atoms with van der Waals surface area (Å²) in [5.41, 5.74) is 5.51. The third kappa shape index (κ3) is 2.42. The minimum atomic E-state index is 0. The molecular formula is C4H10ClNS. The molecule has 0 saturated carbocycles. The summed E-state index contributed by atoms with van der Waals surface area (Å²) in [6.45, 7) is 0. The fourth-order valence-electron chi connectivity index (χ4n) is 0.553. The minimum absolute atomic E-state index is 0. The van der Waals surface area contributed by atoms with Crippen LogP contribution in [0, 0.1) is 0 Å². The zero-order valence-electron chi connectivity index (χ0n) is 4.09. The summed E-state index contributed by atoms with van der Waals surface area (Å²) in [5.74, 6) is 2.46. The lowest BCUT2D eigenvalue weighted by atomic mass is 10.3. The van der Waals surface area contributed by atoms with Crippen molar-refractivity contribution in [3.05, 3.63) is 0 Å². The third-order valence-corrected chi connectivity index (χ3v) is 2.15. The maximum atomic E-state index is 5.51. The van der Waals surface area contributed by atoms with E-state index in [1.807, 2.05) is 11.8 Å². The maximum Gasteiger partial charge on any atom is 0.0138 e. The second-order valence-corrected chi connectivity index (χ2v) is 2.77. The summed E-state index contributed by atoms with van der Waals surface area (Å²) in [5, 5.41) is 0. The minimum Gasteiger partial charge on any atom is -0.327 e. The Balaban J connectivity index is 0.000000360. The van der Waals surface area contributed by atoms with Crippen molar-refractivity contribution in [1.29, 1.82) is 0 Å². The van der Waals surface area contributed by atoms with Crippen LogP contribution in [0.15, 0.2) is 0 Å². The second-order valence-electron chi connectivity index (χ2n) is 1.62. The Hall–Kier alpha value is 0.600. The van der Waals surface area contributed by atoms with Gasteiger partial charge in [0.2, 0.25) is 0 Å². The number of rotatable bonds is 0. The Bertz CT molecular complexity index is 45.0. The fraction of sp³-hybridized carbons (Fsp3) is 1.00. The van der Waals surface area contributed by atoms with Crippen LogP contribution >= 0.6 is 24.2 Å². The van der Waals surface area contributed by atoms with Gasteiger partial charge in [-0.2, -0.15) is 11.8 Å². The quantitative estimate of drug-likeness (QED) is 0.539. The van der Waals surface area contributed by atoms with Gasteiger partial charge in [0.05, 0.1) is 0 Å². The van der Waals surface area contributed by atoms with Crippen LogP contribution in [0.2, 0.25) is 0 Å². The molecule has 7 heavy (non-hydrogen) atoms. The second kappa shape index (κ2) is 3.58. The van der Waals surface area contributed by atoms with Gasteiger partial charge in [-0.1, -0.05) is 0 Å². The highest BCUT2D eigenvalue weighted by Crippen LogP contribution is 2.14. The number of halogens is 1. The van der Waals surface area contributed by atoms with E-state index in [1.54, 1.807) is 0 Å². The smallest absolute Gasteiger partial charge is 0.0138 e. The topological polar surface area (TPSA) is 26.0 Å². The average Bonchev–Trinajstić information content (AvgIpc) is 1.86. The van der Waals surface area contributed by atoms with Gasteiger partial charge in [-0.3, -0.25) is 0 Å². The summed E-state index contributed by atoms with van der Waals surface area (Å²) in [7, 11) is 0. The summed E-state index contributed by atoms with van der Waals surface area (Å²) < 4.78 is 0. The van der Waals surface area contributed by atoms with E-state index in [0.29, 0.717) is 6.04 Å². The Morgan fingerprint density at radius 2 is 2.29 bits per heavy atom. The largest absolute Gasteiger partial charge is 0.327 e. The summed E-state index contributed by atoms with van der Waals surface area (Å²) in [6.07, 6.45) is 1.23. The van der Waals surface area contributed by atoms with Gasteiger partial charge in [-0.25, -0.2) is 0 Å². The van der Waals surface area contributed by atoms with E-state index in [2.05, 4.69) is 0 Å². The lowest BCUT2D eigenvalue weighted by Gasteiger charge is -1.91. The van der Waals surface area contributed by atoms with Crippen molar-refractivity contribution in [2.45, 2.75) is 12.5 Å². The first-order chi connectivity index (χ1) is 2.89. The molecule has 1 saturated heterocycles. The molecule has 0 bridgehead atoms. The Kier molecular flexibility index (Phi) is 3.89. The molecule has 0 amide bonds. The molecule has 1 aliphatic rings. The normalized spacial score (nSPS) is 29.6. The van der Waals surface area contributed by atoms with Crippen LogP contribution in [0.25, 0.3) is 0 Å². The SMILES string of the molecule is Cl.N[C@H]1CCSC1. The van der Waals surface area contributed by atoms with Gasteiger partial charge >= 0.3 is 0 Å². The van der Waals surface area contributed by atoms with E-state index in [-0.39, 0.29) is 12.4 Å². The van der Waals surface area contributed by atoms with Crippen LogP contribution in [0.1, 0.15) is 6.42 Å². The molecule has 2 N–H and O–H groups in total. The lowest BCUT2D eigenvalue weighted by molar-refractivity contribution is 0.759. The van der Waals surface area contributed by atoms with E-state index in [1.165, 1.54) is 17.9 Å². The Morgan fingerprint density at radius 3 is 2.43 bits per heavy atom. The molecule has 1 nitrogen and oxygen atoms in total. The van der Waals surface area contributed by atoms with E-state index in [9.17, 15) is 0 Å². The van der Waals surface area contributed by atoms with Crippen LogP contribution in [-0.4, -0.2) is 17.5 Å². The van der Waals surface area contributed by atoms with Gasteiger partial charge < -0.3 is 5.73 Å². The standard InChI is InChI=1S/C4H9NS.ClH/c5-4-1-2-6-3-4;/h4H,1-3,5H2;1H/t4-;/m0./s1. The predicted molar refractivity (Wildman–Crippen MR) is 37.2 cm³/mol. The van der Waals surface area contributed by atoms with Gasteiger partial charge in [0.1, 0.15) is 0 Å². The van der Waals surface area contributed by atoms with Crippen molar-refractivity contribution < 1.29 is 0 Å². The van der Waals surface area contributed by atoms with Crippen molar-refractivity contribution in [3.8, 4) is 0 Å². The molecule has 0 unspecified atom stereocenters. The molecule has 0 aromatic carbocycles. The lowest BCUT2D eigenvalue weighted by Crippen LogP contribution is -2.17. The molecule has 0 aliphatic carbocycles. The zero-order chi connectivity index (χ0) is 4.41. The van der Waals surface area contributed by atoms with E-state index >= 15 is 0 Å². The van der Waals surface area contributed by atoms with E-state index in [0.717, 1.165) is 0 Å². The van der Waals surface area contributed by atoms with Gasteiger partial charge in [0.25, 0.3) is 0 Å². The van der Waals surface area contributed by atoms with Gasteiger partial charge in [-0.05, 0) is 12.2 Å². The van der Waals surface area contributed by atoms with Gasteiger partial charge in [-0.15, -0.1) is 12.4 Å². The van der Waals surface area contributed by atoms with Crippen LogP contribution < -0.4 is 5.73 Å². The van der Waals surface area contributed by atoms with E-state index in [4.69, 9.17) is 5.73 Å². The Labute approximate surface area is 54.4 Å². The molecule has 0 spiro atoms. The van der Waals surface area contributed by atoms with Crippen molar-refractivity contribution in [2.24, 2.45) is 5.73 Å². The molecule has 1 rings (SSSR count). The summed E-state index contributed by atoms with van der Waals surface area (Å²) in [6, 6.07) is 0.509. The first-order valence-electron chi connectivity index (χ1n) is 2.23. The average molecular weight is 140 g/mol. The zero-order valence-corrected chi connectivity index (χ0v) is 5.73. The summed E-state index contributed by atoms with van der Waals surface area (Å²) >= 11 is 1.96. The molecule has 1 aliphatic heterocycles. The Morgan fingerprint density at radius 1 is 1.57 bits per heavy atom. The highest BCUT2D eigenvalue weighted by molar-refractivity contribution is 7.99. The maximum absolute atomic E-state index is 5.51. The number of nitrogens with two attached hydrogens (primary N) is 1. The van der Waals surface area contributed by atoms with Crippen molar-refractivity contribution in [1.82, 2.24) is 0 Å². The highest BCUT2D eigenvalue weighted by atomic mass is 35.5. The van der Waals surface area contributed by atoms with Crippen LogP contribution in [-0.2, 0) is 0 Å². The van der Waals surface area contributed by atoms with Gasteiger partial charge in [0.15, 0.2) is 0 Å². The molecule has 3 heteroatoms. The van der Waals surface area contributed by atoms with Crippen molar-refractivity contribution in [2.75, 3.05) is 11.5 Å². The number of hydrogen-bond donors (Lipinski definition) is 1. The first kappa shape index (κ1) is 7.60. The molecular weight excluding hydrogens is 130 g/mol. The summed E-state index contributed by atoms with van der Waals surface area (Å²) in [4.78, 5) is 0. The molecule has 44 valence electrons. The van der Waals surface area contributed by atoms with Crippen molar-refractivity contribution >= 4 is 24.2 Å². The van der Waals surface area contributed by atoms with Gasteiger partial charge in [0, 0.05) is 11.8 Å². The third-order valence-electron chi connectivity index (χ3n) is 0.965. The van der Waals surface area contributed by atoms with Crippen LogP contribution in [0.5, 0.6) is 0 Å². The monoisotopic (exact) mass is 139 g/mol.